The lowest BCUT2D eigenvalue weighted by molar-refractivity contribution is -0.00323. The van der Waals surface area contributed by atoms with Gasteiger partial charge in [0.05, 0.1) is 20.6 Å². The first-order valence-electron chi connectivity index (χ1n) is 11.0. The summed E-state index contributed by atoms with van der Waals surface area (Å²) in [5.74, 6) is 2.68. The molecule has 1 aliphatic carbocycles. The first-order chi connectivity index (χ1) is 16.0. The maximum Gasteiger partial charge on any atom is 0.232 e. The van der Waals surface area contributed by atoms with Crippen LogP contribution < -0.4 is 0 Å². The molecule has 1 unspecified atom stereocenters. The van der Waals surface area contributed by atoms with E-state index in [4.69, 9.17) is 23.7 Å². The van der Waals surface area contributed by atoms with Crippen LogP contribution in [0.1, 0.15) is 27.2 Å². The molecule has 0 radical (unpaired) electrons. The normalized spacial score (nSPS) is 21.2. The van der Waals surface area contributed by atoms with Crippen LogP contribution in [0, 0.1) is 0 Å². The van der Waals surface area contributed by atoms with Crippen molar-refractivity contribution in [1.82, 2.24) is 4.90 Å². The van der Waals surface area contributed by atoms with Crippen LogP contribution >= 0.6 is 0 Å². The molecule has 6 heteroatoms. The first kappa shape index (κ1) is 24.3. The predicted octanol–water partition coefficient (Wildman–Crippen LogP) is 5.39. The summed E-state index contributed by atoms with van der Waals surface area (Å²) in [4.78, 5) is 2.16. The van der Waals surface area contributed by atoms with Crippen molar-refractivity contribution in [2.75, 3.05) is 34.7 Å². The smallest absolute Gasteiger partial charge is 0.232 e. The Bertz CT molecular complexity index is 1040. The Hall–Kier alpha value is -3.34. The van der Waals surface area contributed by atoms with E-state index in [1.807, 2.05) is 45.2 Å². The number of rotatable bonds is 7. The zero-order valence-corrected chi connectivity index (χ0v) is 20.4. The van der Waals surface area contributed by atoms with Crippen molar-refractivity contribution >= 4 is 0 Å². The summed E-state index contributed by atoms with van der Waals surface area (Å²) < 4.78 is 28.3. The second kappa shape index (κ2) is 11.0. The number of ether oxygens (including phenoxy) is 5. The third-order valence-corrected chi connectivity index (χ3v) is 5.64. The maximum absolute atomic E-state index is 6.25. The van der Waals surface area contributed by atoms with E-state index in [2.05, 4.69) is 36.3 Å². The van der Waals surface area contributed by atoms with Gasteiger partial charge in [0.15, 0.2) is 12.0 Å². The topological polar surface area (TPSA) is 49.4 Å². The largest absolute Gasteiger partial charge is 0.501 e. The van der Waals surface area contributed by atoms with Gasteiger partial charge in [-0.15, -0.1) is 0 Å². The number of allylic oxidation sites excluding steroid dienone is 7. The molecule has 33 heavy (non-hydrogen) atoms. The van der Waals surface area contributed by atoms with Gasteiger partial charge in [-0.2, -0.15) is 0 Å². The van der Waals surface area contributed by atoms with Gasteiger partial charge in [0.1, 0.15) is 11.5 Å². The summed E-state index contributed by atoms with van der Waals surface area (Å²) in [6.45, 7) is 10.6. The number of methoxy groups -OCH3 is 2. The summed E-state index contributed by atoms with van der Waals surface area (Å²) in [6.07, 6.45) is 12.3. The van der Waals surface area contributed by atoms with Crippen LogP contribution in [0.3, 0.4) is 0 Å². The molecule has 2 heterocycles. The molecule has 0 bridgehead atoms. The molecular weight excluding hydrogens is 418 g/mol. The van der Waals surface area contributed by atoms with E-state index >= 15 is 0 Å². The molecule has 0 aromatic heterocycles. The van der Waals surface area contributed by atoms with Crippen LogP contribution in [0.2, 0.25) is 0 Å². The SMILES string of the molecule is C=C1OCOC1=C=C/C=C(\C)C1=C(/C=C\C)C2=CC=C(OC)CC(OC)=C2C(OCC)N1C. The molecule has 0 aromatic carbocycles. The molecule has 1 atom stereocenters. The van der Waals surface area contributed by atoms with Gasteiger partial charge in [-0.25, -0.2) is 0 Å². The van der Waals surface area contributed by atoms with Crippen LogP contribution in [-0.4, -0.2) is 45.8 Å². The molecule has 1 fully saturated rings. The van der Waals surface area contributed by atoms with E-state index in [0.717, 1.165) is 39.5 Å². The third kappa shape index (κ3) is 5.03. The molecule has 0 amide bonds. The standard InChI is InChI=1S/C27H33NO5/c1-8-11-22-21-15-14-20(29-6)16-24(30-7)25(21)27(31-9-2)28(5)26(22)18(3)12-10-13-23-19(4)32-17-33-23/h8,10-12,14-15,27H,4,9,16-17H2,1-3,5-7H3/b11-8-,18-12+. The highest BCUT2D eigenvalue weighted by atomic mass is 16.7. The Labute approximate surface area is 196 Å². The molecule has 2 aliphatic heterocycles. The van der Waals surface area contributed by atoms with Gasteiger partial charge in [-0.05, 0) is 50.1 Å². The summed E-state index contributed by atoms with van der Waals surface area (Å²) in [6, 6.07) is 0. The Morgan fingerprint density at radius 2 is 2.06 bits per heavy atom. The van der Waals surface area contributed by atoms with Crippen molar-refractivity contribution in [3.63, 3.8) is 0 Å². The summed E-state index contributed by atoms with van der Waals surface area (Å²) in [5, 5.41) is 0. The molecule has 1 saturated heterocycles. The molecule has 3 rings (SSSR count). The van der Waals surface area contributed by atoms with Gasteiger partial charge < -0.3 is 28.6 Å². The molecule has 0 spiro atoms. The monoisotopic (exact) mass is 451 g/mol. The molecule has 6 nitrogen and oxygen atoms in total. The highest BCUT2D eigenvalue weighted by molar-refractivity contribution is 5.64. The lowest BCUT2D eigenvalue weighted by Crippen LogP contribution is -2.41. The Morgan fingerprint density at radius 1 is 1.27 bits per heavy atom. The summed E-state index contributed by atoms with van der Waals surface area (Å²) in [7, 11) is 5.42. The van der Waals surface area contributed by atoms with Crippen molar-refractivity contribution in [2.45, 2.75) is 33.4 Å². The predicted molar refractivity (Wildman–Crippen MR) is 128 cm³/mol. The summed E-state index contributed by atoms with van der Waals surface area (Å²) >= 11 is 0. The fourth-order valence-corrected chi connectivity index (χ4v) is 4.11. The van der Waals surface area contributed by atoms with Crippen LogP contribution in [0.5, 0.6) is 0 Å². The van der Waals surface area contributed by atoms with E-state index < -0.39 is 0 Å². The average Bonchev–Trinajstić information content (AvgIpc) is 3.11. The van der Waals surface area contributed by atoms with Crippen LogP contribution in [-0.2, 0) is 23.7 Å². The van der Waals surface area contributed by atoms with Gasteiger partial charge in [0, 0.05) is 30.5 Å². The first-order valence-corrected chi connectivity index (χ1v) is 11.0. The Kier molecular flexibility index (Phi) is 8.10. The molecule has 176 valence electrons. The van der Waals surface area contributed by atoms with Crippen molar-refractivity contribution in [3.05, 3.63) is 99.8 Å². The average molecular weight is 452 g/mol. The summed E-state index contributed by atoms with van der Waals surface area (Å²) in [5.41, 5.74) is 8.35. The molecular formula is C27H33NO5. The highest BCUT2D eigenvalue weighted by Crippen LogP contribution is 2.42. The van der Waals surface area contributed by atoms with Gasteiger partial charge in [-0.1, -0.05) is 30.5 Å². The van der Waals surface area contributed by atoms with E-state index in [9.17, 15) is 0 Å². The molecule has 0 aromatic rings. The van der Waals surface area contributed by atoms with Crippen molar-refractivity contribution < 1.29 is 23.7 Å². The highest BCUT2D eigenvalue weighted by Gasteiger charge is 2.37. The number of likely N-dealkylation sites (N-methyl/N-ethyl adjacent to an activating group) is 1. The zero-order chi connectivity index (χ0) is 24.0. The fraction of sp³-hybridized carbons (Fsp3) is 0.370. The van der Waals surface area contributed by atoms with E-state index in [1.54, 1.807) is 14.2 Å². The van der Waals surface area contributed by atoms with E-state index in [0.29, 0.717) is 24.5 Å². The van der Waals surface area contributed by atoms with Gasteiger partial charge in [0.25, 0.3) is 0 Å². The number of hydrogen-bond donors (Lipinski definition) is 0. The maximum atomic E-state index is 6.25. The zero-order valence-electron chi connectivity index (χ0n) is 20.4. The lowest BCUT2D eigenvalue weighted by atomic mass is 9.86. The van der Waals surface area contributed by atoms with Gasteiger partial charge in [0.2, 0.25) is 12.6 Å². The fourth-order valence-electron chi connectivity index (χ4n) is 4.11. The number of hydrogen-bond acceptors (Lipinski definition) is 6. The van der Waals surface area contributed by atoms with Gasteiger partial charge in [-0.3, -0.25) is 0 Å². The molecule has 3 aliphatic rings. The Balaban J connectivity index is 2.22. The van der Waals surface area contributed by atoms with E-state index in [1.165, 1.54) is 0 Å². The van der Waals surface area contributed by atoms with Crippen LogP contribution in [0.25, 0.3) is 0 Å². The second-order valence-electron chi connectivity index (χ2n) is 7.64. The minimum atomic E-state index is -0.304. The van der Waals surface area contributed by atoms with Crippen molar-refractivity contribution in [2.24, 2.45) is 0 Å². The minimum Gasteiger partial charge on any atom is -0.501 e. The van der Waals surface area contributed by atoms with Gasteiger partial charge >= 0.3 is 0 Å². The number of fused-ring (bicyclic) bond motifs is 1. The van der Waals surface area contributed by atoms with E-state index in [-0.39, 0.29) is 13.0 Å². The van der Waals surface area contributed by atoms with Crippen LogP contribution in [0.15, 0.2) is 99.8 Å². The van der Waals surface area contributed by atoms with Crippen LogP contribution in [0.4, 0.5) is 0 Å². The quantitative estimate of drug-likeness (QED) is 0.382. The number of nitrogens with zero attached hydrogens (tertiary/aromatic N) is 1. The lowest BCUT2D eigenvalue weighted by Gasteiger charge is -2.41. The third-order valence-electron chi connectivity index (χ3n) is 5.64. The second-order valence-corrected chi connectivity index (χ2v) is 7.64. The Morgan fingerprint density at radius 3 is 2.67 bits per heavy atom. The minimum absolute atomic E-state index is 0.176. The van der Waals surface area contributed by atoms with Crippen molar-refractivity contribution in [3.8, 4) is 0 Å². The molecule has 0 saturated carbocycles. The molecule has 0 N–H and O–H groups in total. The van der Waals surface area contributed by atoms with Crippen molar-refractivity contribution in [1.29, 1.82) is 0 Å².